The standard InChI is InChI=1S/C10H10N2O2S/c11-9-4-2-1-3-7(9)8-5-15(13,14)6-10(8)12/h1-6H,11-12H2. The minimum absolute atomic E-state index is 0.230. The predicted octanol–water partition coefficient (Wildman–Crippen LogP) is 0.838. The number of allylic oxidation sites excluding steroid dienone is 1. The molecule has 1 heterocycles. The molecule has 0 bridgehead atoms. The van der Waals surface area contributed by atoms with Crippen LogP contribution in [-0.4, -0.2) is 8.42 Å². The lowest BCUT2D eigenvalue weighted by Gasteiger charge is -2.06. The second-order valence-electron chi connectivity index (χ2n) is 3.28. The van der Waals surface area contributed by atoms with Crippen molar-refractivity contribution in [1.29, 1.82) is 0 Å². The van der Waals surface area contributed by atoms with Crippen molar-refractivity contribution in [2.45, 2.75) is 0 Å². The van der Waals surface area contributed by atoms with E-state index < -0.39 is 9.84 Å². The Bertz CT molecular complexity index is 571. The van der Waals surface area contributed by atoms with Gasteiger partial charge in [0.2, 0.25) is 0 Å². The van der Waals surface area contributed by atoms with Crippen LogP contribution in [0.4, 0.5) is 5.69 Å². The number of anilines is 1. The summed E-state index contributed by atoms with van der Waals surface area (Å²) in [5.74, 6) is 0. The molecule has 4 nitrogen and oxygen atoms in total. The molecule has 15 heavy (non-hydrogen) atoms. The van der Waals surface area contributed by atoms with Crippen molar-refractivity contribution >= 4 is 21.1 Å². The van der Waals surface area contributed by atoms with E-state index in [9.17, 15) is 8.42 Å². The average Bonchev–Trinajstić information content (AvgIpc) is 2.40. The highest BCUT2D eigenvalue weighted by atomic mass is 32.2. The highest BCUT2D eigenvalue weighted by molar-refractivity contribution is 7.97. The fraction of sp³-hybridized carbons (Fsp3) is 0. The first-order valence-electron chi connectivity index (χ1n) is 4.29. The van der Waals surface area contributed by atoms with Crippen LogP contribution in [0.1, 0.15) is 5.56 Å². The molecule has 0 fully saturated rings. The summed E-state index contributed by atoms with van der Waals surface area (Å²) < 4.78 is 22.5. The summed E-state index contributed by atoms with van der Waals surface area (Å²) in [4.78, 5) is 0. The Kier molecular flexibility index (Phi) is 2.04. The van der Waals surface area contributed by atoms with Crippen LogP contribution in [0, 0.1) is 0 Å². The number of sulfone groups is 1. The van der Waals surface area contributed by atoms with Crippen molar-refractivity contribution in [3.05, 3.63) is 46.3 Å². The van der Waals surface area contributed by atoms with E-state index in [1.54, 1.807) is 24.3 Å². The van der Waals surface area contributed by atoms with Gasteiger partial charge in [-0.3, -0.25) is 0 Å². The monoisotopic (exact) mass is 222 g/mol. The second kappa shape index (κ2) is 3.13. The van der Waals surface area contributed by atoms with Crippen LogP contribution in [-0.2, 0) is 9.84 Å². The van der Waals surface area contributed by atoms with Crippen molar-refractivity contribution in [3.63, 3.8) is 0 Å². The molecule has 1 aromatic carbocycles. The third kappa shape index (κ3) is 1.73. The molecule has 5 heteroatoms. The largest absolute Gasteiger partial charge is 0.398 e. The molecule has 1 aliphatic rings. The number of hydrogen-bond acceptors (Lipinski definition) is 4. The number of nitrogens with two attached hydrogens (primary N) is 2. The molecular formula is C10H10N2O2S. The average molecular weight is 222 g/mol. The zero-order valence-corrected chi connectivity index (χ0v) is 8.66. The topological polar surface area (TPSA) is 86.2 Å². The minimum Gasteiger partial charge on any atom is -0.398 e. The maximum absolute atomic E-state index is 11.3. The molecule has 0 unspecified atom stereocenters. The summed E-state index contributed by atoms with van der Waals surface area (Å²) >= 11 is 0. The molecule has 0 radical (unpaired) electrons. The molecular weight excluding hydrogens is 212 g/mol. The zero-order valence-electron chi connectivity index (χ0n) is 7.84. The van der Waals surface area contributed by atoms with Crippen LogP contribution in [0.15, 0.2) is 40.8 Å². The van der Waals surface area contributed by atoms with Gasteiger partial charge in [-0.15, -0.1) is 0 Å². The Morgan fingerprint density at radius 2 is 1.67 bits per heavy atom. The van der Waals surface area contributed by atoms with Gasteiger partial charge >= 0.3 is 0 Å². The third-order valence-corrected chi connectivity index (χ3v) is 3.28. The smallest absolute Gasteiger partial charge is 0.195 e. The predicted molar refractivity (Wildman–Crippen MR) is 60.0 cm³/mol. The van der Waals surface area contributed by atoms with Crippen LogP contribution < -0.4 is 11.5 Å². The highest BCUT2D eigenvalue weighted by Gasteiger charge is 2.20. The van der Waals surface area contributed by atoms with Crippen LogP contribution >= 0.6 is 0 Å². The van der Waals surface area contributed by atoms with Crippen molar-refractivity contribution in [2.75, 3.05) is 5.73 Å². The summed E-state index contributed by atoms with van der Waals surface area (Å²) in [7, 11) is -3.31. The van der Waals surface area contributed by atoms with Crippen molar-refractivity contribution < 1.29 is 8.42 Å². The first-order valence-corrected chi connectivity index (χ1v) is 5.90. The number of benzene rings is 1. The van der Waals surface area contributed by atoms with Gasteiger partial charge in [0.05, 0.1) is 11.1 Å². The van der Waals surface area contributed by atoms with Gasteiger partial charge in [0.15, 0.2) is 9.84 Å². The normalized spacial score (nSPS) is 18.4. The van der Waals surface area contributed by atoms with E-state index >= 15 is 0 Å². The van der Waals surface area contributed by atoms with E-state index in [1.807, 2.05) is 0 Å². The van der Waals surface area contributed by atoms with Crippen molar-refractivity contribution in [2.24, 2.45) is 5.73 Å². The SMILES string of the molecule is NC1=CS(=O)(=O)C=C1c1ccccc1N. The number of hydrogen-bond donors (Lipinski definition) is 2. The molecule has 2 rings (SSSR count). The molecule has 0 amide bonds. The quantitative estimate of drug-likeness (QED) is 0.689. The Labute approximate surface area is 87.8 Å². The van der Waals surface area contributed by atoms with Crippen LogP contribution in [0.5, 0.6) is 0 Å². The molecule has 0 aromatic heterocycles. The minimum atomic E-state index is -3.31. The Morgan fingerprint density at radius 3 is 2.20 bits per heavy atom. The molecule has 4 N–H and O–H groups in total. The van der Waals surface area contributed by atoms with Gasteiger partial charge in [0, 0.05) is 22.2 Å². The summed E-state index contributed by atoms with van der Waals surface area (Å²) in [6, 6.07) is 7.00. The van der Waals surface area contributed by atoms with E-state index in [-0.39, 0.29) is 5.70 Å². The van der Waals surface area contributed by atoms with E-state index in [0.717, 1.165) is 10.8 Å². The van der Waals surface area contributed by atoms with Crippen molar-refractivity contribution in [3.8, 4) is 0 Å². The van der Waals surface area contributed by atoms with Gasteiger partial charge in [0.25, 0.3) is 0 Å². The Hall–Kier alpha value is -1.75. The number of nitrogen functional groups attached to an aromatic ring is 1. The summed E-state index contributed by atoms with van der Waals surface area (Å²) in [6.45, 7) is 0. The van der Waals surface area contributed by atoms with Gasteiger partial charge in [-0.05, 0) is 6.07 Å². The van der Waals surface area contributed by atoms with E-state index in [0.29, 0.717) is 16.8 Å². The second-order valence-corrected chi connectivity index (χ2v) is 4.93. The lowest BCUT2D eigenvalue weighted by Crippen LogP contribution is -2.00. The lowest BCUT2D eigenvalue weighted by atomic mass is 10.0. The van der Waals surface area contributed by atoms with Crippen LogP contribution in [0.25, 0.3) is 5.57 Å². The molecule has 0 aliphatic carbocycles. The van der Waals surface area contributed by atoms with Gasteiger partial charge < -0.3 is 11.5 Å². The molecule has 1 aromatic rings. The summed E-state index contributed by atoms with van der Waals surface area (Å²) in [5, 5.41) is 2.17. The lowest BCUT2D eigenvalue weighted by molar-refractivity contribution is 0.613. The first-order chi connectivity index (χ1) is 6.99. The summed E-state index contributed by atoms with van der Waals surface area (Å²) in [5.41, 5.74) is 13.2. The maximum atomic E-state index is 11.3. The Morgan fingerprint density at radius 1 is 1.00 bits per heavy atom. The fourth-order valence-electron chi connectivity index (χ4n) is 1.47. The zero-order chi connectivity index (χ0) is 11.1. The molecule has 1 aliphatic heterocycles. The number of para-hydroxylation sites is 1. The van der Waals surface area contributed by atoms with Gasteiger partial charge in [-0.1, -0.05) is 18.2 Å². The summed E-state index contributed by atoms with van der Waals surface area (Å²) in [6.07, 6.45) is 0. The van der Waals surface area contributed by atoms with Gasteiger partial charge in [0.1, 0.15) is 0 Å². The van der Waals surface area contributed by atoms with Crippen LogP contribution in [0.3, 0.4) is 0 Å². The fourth-order valence-corrected chi connectivity index (χ4v) is 2.61. The van der Waals surface area contributed by atoms with E-state index in [4.69, 9.17) is 11.5 Å². The maximum Gasteiger partial charge on any atom is 0.195 e. The van der Waals surface area contributed by atoms with E-state index in [1.165, 1.54) is 0 Å². The molecule has 0 spiro atoms. The van der Waals surface area contributed by atoms with Crippen molar-refractivity contribution in [1.82, 2.24) is 0 Å². The first kappa shape index (κ1) is 9.79. The number of rotatable bonds is 1. The molecule has 78 valence electrons. The molecule has 0 saturated heterocycles. The Balaban J connectivity index is 2.61. The van der Waals surface area contributed by atoms with Crippen LogP contribution in [0.2, 0.25) is 0 Å². The van der Waals surface area contributed by atoms with Gasteiger partial charge in [-0.2, -0.15) is 0 Å². The van der Waals surface area contributed by atoms with Gasteiger partial charge in [-0.25, -0.2) is 8.42 Å². The third-order valence-electron chi connectivity index (χ3n) is 2.14. The molecule has 0 atom stereocenters. The highest BCUT2D eigenvalue weighted by Crippen LogP contribution is 2.30. The molecule has 0 saturated carbocycles. The van der Waals surface area contributed by atoms with E-state index in [2.05, 4.69) is 0 Å².